The number of esters is 1. The molecule has 5 rings (SSSR count). The number of hydrogen-bond acceptors (Lipinski definition) is 7. The van der Waals surface area contributed by atoms with E-state index >= 15 is 0 Å². The molecule has 1 aliphatic heterocycles. The smallest absolute Gasteiger partial charge is 0.338 e. The summed E-state index contributed by atoms with van der Waals surface area (Å²) in [5.41, 5.74) is 2.77. The number of carbonyl (C=O) groups excluding carboxylic acids is 1. The summed E-state index contributed by atoms with van der Waals surface area (Å²) >= 11 is 4.77. The maximum absolute atomic E-state index is 14.0. The van der Waals surface area contributed by atoms with Crippen LogP contribution in [0.1, 0.15) is 29.7 Å². The van der Waals surface area contributed by atoms with Gasteiger partial charge in [0.15, 0.2) is 4.80 Å². The highest BCUT2D eigenvalue weighted by molar-refractivity contribution is 9.10. The molecule has 0 amide bonds. The standard InChI is InChI=1S/C30H25BrN2O5S/c1-4-38-29(35)25-26(18-11-7-5-8-12-18)32-30-33(27(25)19-13-9-6-10-14-19)28(34)24(39-30)16-20-15-21(31)23(37-3)17-22(20)36-2/h5-17,27H,4H2,1-3H3/b24-16-. The summed E-state index contributed by atoms with van der Waals surface area (Å²) in [5.74, 6) is 0.655. The predicted octanol–water partition coefficient (Wildman–Crippen LogP) is 4.72. The van der Waals surface area contributed by atoms with Gasteiger partial charge in [0.2, 0.25) is 0 Å². The van der Waals surface area contributed by atoms with E-state index in [1.807, 2.05) is 66.7 Å². The Morgan fingerprint density at radius 1 is 1.03 bits per heavy atom. The molecular weight excluding hydrogens is 580 g/mol. The van der Waals surface area contributed by atoms with Crippen LogP contribution in [0.25, 0.3) is 11.8 Å². The number of halogens is 1. The molecule has 0 saturated heterocycles. The second-order valence-corrected chi connectivity index (χ2v) is 10.4. The molecule has 3 aromatic carbocycles. The molecule has 1 unspecified atom stereocenters. The molecule has 9 heteroatoms. The Bertz CT molecular complexity index is 1740. The summed E-state index contributed by atoms with van der Waals surface area (Å²) < 4.78 is 19.2. The van der Waals surface area contributed by atoms with E-state index in [1.54, 1.807) is 37.9 Å². The summed E-state index contributed by atoms with van der Waals surface area (Å²) in [6.45, 7) is 1.95. The third kappa shape index (κ3) is 5.07. The molecule has 0 radical (unpaired) electrons. The Labute approximate surface area is 237 Å². The van der Waals surface area contributed by atoms with Crippen LogP contribution in [-0.2, 0) is 9.53 Å². The van der Waals surface area contributed by atoms with Gasteiger partial charge in [-0.25, -0.2) is 9.79 Å². The first kappa shape index (κ1) is 26.6. The van der Waals surface area contributed by atoms with E-state index < -0.39 is 12.0 Å². The zero-order valence-corrected chi connectivity index (χ0v) is 23.9. The molecule has 1 aromatic heterocycles. The van der Waals surface area contributed by atoms with Gasteiger partial charge in [-0.2, -0.15) is 0 Å². The van der Waals surface area contributed by atoms with E-state index in [1.165, 1.54) is 11.3 Å². The molecule has 0 aliphatic carbocycles. The third-order valence-corrected chi connectivity index (χ3v) is 7.88. The van der Waals surface area contributed by atoms with Crippen LogP contribution >= 0.6 is 27.3 Å². The lowest BCUT2D eigenvalue weighted by molar-refractivity contribution is -0.138. The number of benzene rings is 3. The van der Waals surface area contributed by atoms with Crippen LogP contribution in [0.2, 0.25) is 0 Å². The van der Waals surface area contributed by atoms with E-state index in [0.717, 1.165) is 15.6 Å². The number of fused-ring (bicyclic) bond motifs is 1. The first-order chi connectivity index (χ1) is 19.0. The highest BCUT2D eigenvalue weighted by Crippen LogP contribution is 2.36. The first-order valence-electron chi connectivity index (χ1n) is 12.2. The maximum Gasteiger partial charge on any atom is 0.338 e. The van der Waals surface area contributed by atoms with Gasteiger partial charge in [-0.3, -0.25) is 9.36 Å². The number of methoxy groups -OCH3 is 2. The van der Waals surface area contributed by atoms with Crippen molar-refractivity contribution in [2.45, 2.75) is 13.0 Å². The molecule has 39 heavy (non-hydrogen) atoms. The van der Waals surface area contributed by atoms with Gasteiger partial charge in [0.1, 0.15) is 11.5 Å². The molecule has 0 N–H and O–H groups in total. The van der Waals surface area contributed by atoms with Crippen molar-refractivity contribution in [3.8, 4) is 11.5 Å². The fourth-order valence-electron chi connectivity index (χ4n) is 4.53. The van der Waals surface area contributed by atoms with Crippen LogP contribution in [0.4, 0.5) is 0 Å². The minimum absolute atomic E-state index is 0.197. The average Bonchev–Trinajstić information content (AvgIpc) is 3.27. The van der Waals surface area contributed by atoms with Crippen molar-refractivity contribution in [3.63, 3.8) is 0 Å². The van der Waals surface area contributed by atoms with Crippen LogP contribution in [0.15, 0.2) is 92.6 Å². The van der Waals surface area contributed by atoms with Crippen molar-refractivity contribution in [2.75, 3.05) is 20.8 Å². The topological polar surface area (TPSA) is 79.1 Å². The molecule has 0 fully saturated rings. The first-order valence-corrected chi connectivity index (χ1v) is 13.8. The van der Waals surface area contributed by atoms with Crippen LogP contribution in [0, 0.1) is 0 Å². The maximum atomic E-state index is 14.0. The Hall–Kier alpha value is -3.95. The summed E-state index contributed by atoms with van der Waals surface area (Å²) in [4.78, 5) is 32.8. The molecule has 7 nitrogen and oxygen atoms in total. The van der Waals surface area contributed by atoms with E-state index in [0.29, 0.717) is 37.7 Å². The fraction of sp³-hybridized carbons (Fsp3) is 0.167. The van der Waals surface area contributed by atoms with Crippen molar-refractivity contribution in [3.05, 3.63) is 119 Å². The van der Waals surface area contributed by atoms with Crippen LogP contribution in [0.3, 0.4) is 0 Å². The molecule has 2 heterocycles. The Balaban J connectivity index is 1.82. The Morgan fingerprint density at radius 2 is 1.69 bits per heavy atom. The zero-order chi connectivity index (χ0) is 27.5. The summed E-state index contributed by atoms with van der Waals surface area (Å²) in [6, 6.07) is 21.8. The number of hydrogen-bond donors (Lipinski definition) is 0. The number of carbonyl (C=O) groups is 1. The average molecular weight is 606 g/mol. The number of aromatic nitrogens is 1. The minimum Gasteiger partial charge on any atom is -0.496 e. The highest BCUT2D eigenvalue weighted by atomic mass is 79.9. The minimum atomic E-state index is -0.719. The lowest BCUT2D eigenvalue weighted by Crippen LogP contribution is -2.40. The Kier molecular flexibility index (Phi) is 7.81. The molecule has 0 saturated carbocycles. The van der Waals surface area contributed by atoms with Crippen LogP contribution in [-0.4, -0.2) is 31.4 Å². The van der Waals surface area contributed by atoms with Crippen molar-refractivity contribution < 1.29 is 19.0 Å². The summed E-state index contributed by atoms with van der Waals surface area (Å²) in [5, 5.41) is 0. The summed E-state index contributed by atoms with van der Waals surface area (Å²) in [7, 11) is 3.14. The molecule has 1 aliphatic rings. The van der Waals surface area contributed by atoms with Crippen molar-refractivity contribution in [2.24, 2.45) is 4.99 Å². The summed E-state index contributed by atoms with van der Waals surface area (Å²) in [6.07, 6.45) is 1.77. The monoisotopic (exact) mass is 604 g/mol. The molecule has 1 atom stereocenters. The van der Waals surface area contributed by atoms with Gasteiger partial charge in [0, 0.05) is 17.2 Å². The molecule has 4 aromatic rings. The highest BCUT2D eigenvalue weighted by Gasteiger charge is 2.35. The number of rotatable bonds is 7. The van der Waals surface area contributed by atoms with E-state index in [9.17, 15) is 9.59 Å². The zero-order valence-electron chi connectivity index (χ0n) is 21.5. The van der Waals surface area contributed by atoms with E-state index in [-0.39, 0.29) is 12.2 Å². The van der Waals surface area contributed by atoms with Gasteiger partial charge in [0.25, 0.3) is 5.56 Å². The lowest BCUT2D eigenvalue weighted by Gasteiger charge is -2.25. The van der Waals surface area contributed by atoms with E-state index in [4.69, 9.17) is 19.2 Å². The fourth-order valence-corrected chi connectivity index (χ4v) is 6.04. The SMILES string of the molecule is CCOC(=O)C1=C(c2ccccc2)N=c2s/c(=C\c3cc(Br)c(OC)cc3OC)c(=O)n2C1c1ccccc1. The normalized spacial score (nSPS) is 15.0. The van der Waals surface area contributed by atoms with Gasteiger partial charge < -0.3 is 14.2 Å². The van der Waals surface area contributed by atoms with Crippen molar-refractivity contribution in [1.82, 2.24) is 4.57 Å². The van der Waals surface area contributed by atoms with Gasteiger partial charge in [-0.1, -0.05) is 72.0 Å². The second-order valence-electron chi connectivity index (χ2n) is 8.57. The van der Waals surface area contributed by atoms with Crippen LogP contribution in [0.5, 0.6) is 11.5 Å². The van der Waals surface area contributed by atoms with Gasteiger partial charge >= 0.3 is 5.97 Å². The molecule has 0 spiro atoms. The van der Waals surface area contributed by atoms with Crippen LogP contribution < -0.4 is 24.4 Å². The van der Waals surface area contributed by atoms with Gasteiger partial charge in [0.05, 0.1) is 47.1 Å². The van der Waals surface area contributed by atoms with Gasteiger partial charge in [-0.05, 0) is 40.6 Å². The number of nitrogens with zero attached hydrogens (tertiary/aromatic N) is 2. The largest absolute Gasteiger partial charge is 0.496 e. The predicted molar refractivity (Wildman–Crippen MR) is 155 cm³/mol. The lowest BCUT2D eigenvalue weighted by atomic mass is 9.93. The van der Waals surface area contributed by atoms with Crippen molar-refractivity contribution in [1.29, 1.82) is 0 Å². The third-order valence-electron chi connectivity index (χ3n) is 6.28. The molecule has 0 bridgehead atoms. The van der Waals surface area contributed by atoms with E-state index in [2.05, 4.69) is 15.9 Å². The van der Waals surface area contributed by atoms with Gasteiger partial charge in [-0.15, -0.1) is 0 Å². The quantitative estimate of drug-likeness (QED) is 0.285. The van der Waals surface area contributed by atoms with Crippen molar-refractivity contribution >= 4 is 45.0 Å². The Morgan fingerprint density at radius 3 is 2.33 bits per heavy atom. The number of thiazole rings is 1. The molecular formula is C30H25BrN2O5S. The second kappa shape index (κ2) is 11.4. The number of ether oxygens (including phenoxy) is 3. The molecule has 198 valence electrons.